The van der Waals surface area contributed by atoms with Gasteiger partial charge >= 0.3 is 18.1 Å². The second-order valence-corrected chi connectivity index (χ2v) is 7.65. The molecule has 0 amide bonds. The van der Waals surface area contributed by atoms with Crippen molar-refractivity contribution in [3.05, 3.63) is 71.3 Å². The molecule has 2 rings (SSSR count). The molecule has 1 aromatic carbocycles. The normalized spacial score (nSPS) is 19.0. The molecule has 0 heterocycles. The van der Waals surface area contributed by atoms with Crippen molar-refractivity contribution in [3.8, 4) is 0 Å². The summed E-state index contributed by atoms with van der Waals surface area (Å²) in [4.78, 5) is 25.9. The molecule has 1 aliphatic carbocycles. The summed E-state index contributed by atoms with van der Waals surface area (Å²) in [6.07, 6.45) is -4.67. The summed E-state index contributed by atoms with van der Waals surface area (Å²) in [6.45, 7) is 12.8. The molecule has 1 aliphatic rings. The zero-order valence-electron chi connectivity index (χ0n) is 18.3. The molecule has 1 N–H and O–H groups in total. The van der Waals surface area contributed by atoms with E-state index in [1.165, 1.54) is 6.08 Å². The lowest BCUT2D eigenvalue weighted by Gasteiger charge is -2.39. The van der Waals surface area contributed by atoms with E-state index in [1.54, 1.807) is 20.8 Å². The van der Waals surface area contributed by atoms with Crippen LogP contribution >= 0.6 is 0 Å². The highest BCUT2D eigenvalue weighted by molar-refractivity contribution is 6.03. The standard InChI is InChI=1S/C24H27F3O5/c1-6-31-21(29)23(22(30)32-7-2)12-18(14(3)4)15(5)19(13-23)20(28)16-8-10-17(11-9-16)24(25,26)27/h8-12,19-20,28H,3,5-7,13H2,1-2,4H3/t19-,20+/m0/s1. The molecule has 0 aliphatic heterocycles. The fourth-order valence-electron chi connectivity index (χ4n) is 3.76. The van der Waals surface area contributed by atoms with E-state index in [0.717, 1.165) is 24.3 Å². The molecular formula is C24H27F3O5. The second-order valence-electron chi connectivity index (χ2n) is 7.65. The lowest BCUT2D eigenvalue weighted by atomic mass is 9.66. The third-order valence-corrected chi connectivity index (χ3v) is 5.43. The summed E-state index contributed by atoms with van der Waals surface area (Å²) in [5.41, 5.74) is -1.21. The van der Waals surface area contributed by atoms with Gasteiger partial charge in [-0.1, -0.05) is 30.9 Å². The maximum absolute atomic E-state index is 12.9. The quantitative estimate of drug-likeness (QED) is 0.469. The van der Waals surface area contributed by atoms with Crippen LogP contribution in [0.5, 0.6) is 0 Å². The van der Waals surface area contributed by atoms with Crippen LogP contribution < -0.4 is 0 Å². The van der Waals surface area contributed by atoms with Gasteiger partial charge in [0.25, 0.3) is 0 Å². The number of carbonyl (C=O) groups is 2. The highest BCUT2D eigenvalue weighted by atomic mass is 19.4. The maximum Gasteiger partial charge on any atom is 0.416 e. The van der Waals surface area contributed by atoms with Crippen molar-refractivity contribution in [1.29, 1.82) is 0 Å². The van der Waals surface area contributed by atoms with Gasteiger partial charge in [0.05, 0.1) is 24.9 Å². The van der Waals surface area contributed by atoms with Crippen LogP contribution in [0.1, 0.15) is 44.4 Å². The number of ether oxygens (including phenoxy) is 2. The minimum atomic E-state index is -4.52. The lowest BCUT2D eigenvalue weighted by Crippen LogP contribution is -2.45. The van der Waals surface area contributed by atoms with Gasteiger partial charge in [-0.3, -0.25) is 9.59 Å². The first-order valence-electron chi connectivity index (χ1n) is 10.2. The largest absolute Gasteiger partial charge is 0.465 e. The maximum atomic E-state index is 12.9. The van der Waals surface area contributed by atoms with Gasteiger partial charge in [0, 0.05) is 5.92 Å². The van der Waals surface area contributed by atoms with Crippen molar-refractivity contribution in [2.75, 3.05) is 13.2 Å². The van der Waals surface area contributed by atoms with Gasteiger partial charge in [-0.2, -0.15) is 13.2 Å². The molecule has 0 radical (unpaired) electrons. The number of aliphatic hydroxyl groups excluding tert-OH is 1. The molecule has 174 valence electrons. The van der Waals surface area contributed by atoms with Gasteiger partial charge in [-0.25, -0.2) is 0 Å². The Kier molecular flexibility index (Phi) is 7.72. The second kappa shape index (κ2) is 9.73. The molecule has 5 nitrogen and oxygen atoms in total. The molecule has 0 bridgehead atoms. The number of aliphatic hydroxyl groups is 1. The first-order valence-corrected chi connectivity index (χ1v) is 10.2. The van der Waals surface area contributed by atoms with E-state index in [-0.39, 0.29) is 25.2 Å². The minimum absolute atomic E-state index is 0.0172. The third-order valence-electron chi connectivity index (χ3n) is 5.43. The Balaban J connectivity index is 2.57. The van der Waals surface area contributed by atoms with E-state index in [1.807, 2.05) is 0 Å². The average Bonchev–Trinajstić information content (AvgIpc) is 2.73. The highest BCUT2D eigenvalue weighted by Crippen LogP contribution is 2.48. The molecule has 32 heavy (non-hydrogen) atoms. The summed E-state index contributed by atoms with van der Waals surface area (Å²) in [5.74, 6) is -2.55. The number of allylic oxidation sites excluding steroid dienone is 2. The molecule has 0 spiro atoms. The molecule has 0 unspecified atom stereocenters. The van der Waals surface area contributed by atoms with Crippen molar-refractivity contribution in [3.63, 3.8) is 0 Å². The predicted octanol–water partition coefficient (Wildman–Crippen LogP) is 4.93. The van der Waals surface area contributed by atoms with Crippen LogP contribution in [0, 0.1) is 11.3 Å². The zero-order chi connectivity index (χ0) is 24.3. The van der Waals surface area contributed by atoms with Gasteiger partial charge in [0.2, 0.25) is 0 Å². The third kappa shape index (κ3) is 4.96. The van der Waals surface area contributed by atoms with Gasteiger partial charge in [-0.15, -0.1) is 0 Å². The summed E-state index contributed by atoms with van der Waals surface area (Å²) in [5, 5.41) is 11.1. The van der Waals surface area contributed by atoms with E-state index in [0.29, 0.717) is 16.7 Å². The van der Waals surface area contributed by atoms with Crippen LogP contribution in [-0.4, -0.2) is 30.3 Å². The van der Waals surface area contributed by atoms with Gasteiger partial charge in [0.1, 0.15) is 0 Å². The Labute approximate surface area is 185 Å². The molecule has 8 heteroatoms. The lowest BCUT2D eigenvalue weighted by molar-refractivity contribution is -0.170. The number of halogens is 3. The van der Waals surface area contributed by atoms with Crippen molar-refractivity contribution in [2.45, 2.75) is 39.5 Å². The summed E-state index contributed by atoms with van der Waals surface area (Å²) >= 11 is 0. The number of rotatable bonds is 7. The zero-order valence-corrected chi connectivity index (χ0v) is 18.3. The number of esters is 2. The van der Waals surface area contributed by atoms with Gasteiger partial charge in [-0.05, 0) is 62.1 Å². The molecule has 2 atom stereocenters. The SMILES string of the molecule is C=C(C)C1=CC(C(=O)OCC)(C(=O)OCC)C[C@H]([C@H](O)c2ccc(C(F)(F)F)cc2)C1=C. The summed E-state index contributed by atoms with van der Waals surface area (Å²) in [6, 6.07) is 4.05. The smallest absolute Gasteiger partial charge is 0.416 e. The fraction of sp³-hybridized carbons (Fsp3) is 0.417. The molecule has 0 aromatic heterocycles. The molecule has 0 saturated carbocycles. The Bertz CT molecular complexity index is 910. The van der Waals surface area contributed by atoms with Crippen LogP contribution in [0.2, 0.25) is 0 Å². The first-order chi connectivity index (χ1) is 14.9. The number of carbonyl (C=O) groups excluding carboxylic acids is 2. The van der Waals surface area contributed by atoms with Crippen LogP contribution in [0.4, 0.5) is 13.2 Å². The van der Waals surface area contributed by atoms with Crippen LogP contribution in [0.25, 0.3) is 0 Å². The van der Waals surface area contributed by atoms with Crippen molar-refractivity contribution in [1.82, 2.24) is 0 Å². The van der Waals surface area contributed by atoms with Crippen molar-refractivity contribution < 1.29 is 37.3 Å². The van der Waals surface area contributed by atoms with Crippen LogP contribution in [0.3, 0.4) is 0 Å². The van der Waals surface area contributed by atoms with Crippen molar-refractivity contribution in [2.24, 2.45) is 11.3 Å². The van der Waals surface area contributed by atoms with E-state index in [9.17, 15) is 27.9 Å². The number of alkyl halides is 3. The van der Waals surface area contributed by atoms with Gasteiger partial charge in [0.15, 0.2) is 5.41 Å². The number of hydrogen-bond acceptors (Lipinski definition) is 5. The number of hydrogen-bond donors (Lipinski definition) is 1. The Hall–Kier alpha value is -2.87. The van der Waals surface area contributed by atoms with E-state index in [4.69, 9.17) is 9.47 Å². The molecule has 0 fully saturated rings. The summed E-state index contributed by atoms with van der Waals surface area (Å²) in [7, 11) is 0. The molecular weight excluding hydrogens is 425 g/mol. The Morgan fingerprint density at radius 3 is 2.06 bits per heavy atom. The predicted molar refractivity (Wildman–Crippen MR) is 112 cm³/mol. The van der Waals surface area contributed by atoms with E-state index >= 15 is 0 Å². The Morgan fingerprint density at radius 1 is 1.16 bits per heavy atom. The minimum Gasteiger partial charge on any atom is -0.465 e. The molecule has 0 saturated heterocycles. The fourth-order valence-corrected chi connectivity index (χ4v) is 3.76. The van der Waals surface area contributed by atoms with E-state index < -0.39 is 41.1 Å². The van der Waals surface area contributed by atoms with Gasteiger partial charge < -0.3 is 14.6 Å². The van der Waals surface area contributed by atoms with Crippen LogP contribution in [0.15, 0.2) is 60.2 Å². The number of benzene rings is 1. The highest BCUT2D eigenvalue weighted by Gasteiger charge is 2.53. The topological polar surface area (TPSA) is 72.8 Å². The molecule has 1 aromatic rings. The first kappa shape index (κ1) is 25.4. The monoisotopic (exact) mass is 452 g/mol. The Morgan fingerprint density at radius 2 is 1.66 bits per heavy atom. The van der Waals surface area contributed by atoms with E-state index in [2.05, 4.69) is 13.2 Å². The van der Waals surface area contributed by atoms with Crippen LogP contribution in [-0.2, 0) is 25.2 Å². The summed E-state index contributed by atoms with van der Waals surface area (Å²) < 4.78 is 49.0. The van der Waals surface area contributed by atoms with Crippen molar-refractivity contribution >= 4 is 11.9 Å². The average molecular weight is 452 g/mol.